The molecule has 0 N–H and O–H groups in total. The lowest BCUT2D eigenvalue weighted by Gasteiger charge is -2.19. The first-order chi connectivity index (χ1) is 9.70. The van der Waals surface area contributed by atoms with Gasteiger partial charge in [0, 0.05) is 0 Å². The molecule has 0 radical (unpaired) electrons. The van der Waals surface area contributed by atoms with Crippen molar-refractivity contribution in [1.29, 1.82) is 5.26 Å². The smallest absolute Gasteiger partial charge is 0.233 e. The summed E-state index contributed by atoms with van der Waals surface area (Å²) in [6.45, 7) is 0.330. The zero-order valence-corrected chi connectivity index (χ0v) is 11.2. The first-order valence-electron chi connectivity index (χ1n) is 7.05. The Morgan fingerprint density at radius 2 is 1.60 bits per heavy atom. The fourth-order valence-corrected chi connectivity index (χ4v) is 3.25. The highest BCUT2D eigenvalue weighted by molar-refractivity contribution is 6.05. The maximum absolute atomic E-state index is 12.3. The Morgan fingerprint density at radius 3 is 2.10 bits per heavy atom. The molecule has 1 saturated heterocycles. The van der Waals surface area contributed by atoms with E-state index in [9.17, 15) is 9.59 Å². The molecule has 2 amide bonds. The Labute approximate surface area is 118 Å². The summed E-state index contributed by atoms with van der Waals surface area (Å²) < 4.78 is 0. The maximum atomic E-state index is 12.3. The van der Waals surface area contributed by atoms with Crippen LogP contribution in [0.15, 0.2) is 24.3 Å². The first-order valence-corrected chi connectivity index (χ1v) is 7.05. The lowest BCUT2D eigenvalue weighted by molar-refractivity contribution is -0.140. The zero-order chi connectivity index (χ0) is 14.1. The van der Waals surface area contributed by atoms with Gasteiger partial charge < -0.3 is 0 Å². The lowest BCUT2D eigenvalue weighted by atomic mass is 9.81. The molecule has 1 saturated carbocycles. The topological polar surface area (TPSA) is 61.2 Å². The minimum Gasteiger partial charge on any atom is -0.278 e. The van der Waals surface area contributed by atoms with Crippen LogP contribution in [0.2, 0.25) is 0 Å². The van der Waals surface area contributed by atoms with Gasteiger partial charge in [-0.15, -0.1) is 0 Å². The van der Waals surface area contributed by atoms with E-state index in [0.29, 0.717) is 12.1 Å². The molecule has 1 aromatic rings. The molecule has 2 atom stereocenters. The summed E-state index contributed by atoms with van der Waals surface area (Å²) >= 11 is 0. The molecule has 4 heteroatoms. The van der Waals surface area contributed by atoms with Crippen LogP contribution in [0.3, 0.4) is 0 Å². The molecule has 0 unspecified atom stereocenters. The predicted molar refractivity (Wildman–Crippen MR) is 72.2 cm³/mol. The highest BCUT2D eigenvalue weighted by atomic mass is 16.2. The average molecular weight is 268 g/mol. The molecule has 1 aromatic carbocycles. The van der Waals surface area contributed by atoms with Gasteiger partial charge in [-0.05, 0) is 30.5 Å². The van der Waals surface area contributed by atoms with Gasteiger partial charge in [0.15, 0.2) is 0 Å². The van der Waals surface area contributed by atoms with Crippen LogP contribution >= 0.6 is 0 Å². The monoisotopic (exact) mass is 268 g/mol. The summed E-state index contributed by atoms with van der Waals surface area (Å²) in [5.74, 6) is -0.197. The number of rotatable bonds is 2. The molecule has 1 aliphatic carbocycles. The van der Waals surface area contributed by atoms with Gasteiger partial charge in [-0.1, -0.05) is 25.0 Å². The number of amides is 2. The number of imide groups is 1. The third-order valence-corrected chi connectivity index (χ3v) is 4.36. The molecule has 2 fully saturated rings. The summed E-state index contributed by atoms with van der Waals surface area (Å²) in [4.78, 5) is 26.1. The predicted octanol–water partition coefficient (Wildman–Crippen LogP) is 2.23. The van der Waals surface area contributed by atoms with Crippen molar-refractivity contribution in [3.05, 3.63) is 35.4 Å². The number of carbonyl (C=O) groups excluding carboxylic acids is 2. The minimum atomic E-state index is -0.0883. The summed E-state index contributed by atoms with van der Waals surface area (Å²) in [6.07, 6.45) is 3.79. The summed E-state index contributed by atoms with van der Waals surface area (Å²) in [7, 11) is 0. The Morgan fingerprint density at radius 1 is 1.05 bits per heavy atom. The van der Waals surface area contributed by atoms with Crippen LogP contribution in [0, 0.1) is 23.2 Å². The Balaban J connectivity index is 1.78. The zero-order valence-electron chi connectivity index (χ0n) is 11.2. The first kappa shape index (κ1) is 12.9. The van der Waals surface area contributed by atoms with Crippen LogP contribution in [0.4, 0.5) is 0 Å². The molecule has 0 aromatic heterocycles. The Bertz CT molecular complexity index is 561. The molecule has 0 spiro atoms. The van der Waals surface area contributed by atoms with Gasteiger partial charge >= 0.3 is 0 Å². The number of hydrogen-bond acceptors (Lipinski definition) is 3. The van der Waals surface area contributed by atoms with Crippen molar-refractivity contribution in [3.8, 4) is 6.07 Å². The van der Waals surface area contributed by atoms with Crippen molar-refractivity contribution in [2.45, 2.75) is 32.2 Å². The van der Waals surface area contributed by atoms with Crippen LogP contribution < -0.4 is 0 Å². The van der Waals surface area contributed by atoms with Crippen LogP contribution in [0.1, 0.15) is 36.8 Å². The second kappa shape index (κ2) is 5.09. The number of benzene rings is 1. The number of likely N-dealkylation sites (tertiary alicyclic amines) is 1. The van der Waals surface area contributed by atoms with Crippen LogP contribution in [0.5, 0.6) is 0 Å². The van der Waals surface area contributed by atoms with Crippen molar-refractivity contribution in [2.75, 3.05) is 0 Å². The Kier molecular flexibility index (Phi) is 3.27. The molecule has 0 bridgehead atoms. The highest BCUT2D eigenvalue weighted by Gasteiger charge is 2.47. The van der Waals surface area contributed by atoms with Crippen molar-refractivity contribution in [1.82, 2.24) is 4.90 Å². The number of hydrogen-bond donors (Lipinski definition) is 0. The molecular formula is C16H16N2O2. The van der Waals surface area contributed by atoms with Crippen molar-refractivity contribution >= 4 is 11.8 Å². The standard InChI is InChI=1S/C16H16N2O2/c17-9-11-5-7-12(8-6-11)10-18-15(19)13-3-1-2-4-14(13)16(18)20/h5-8,13-14H,1-4,10H2/t13-,14-/m1/s1. The molecular weight excluding hydrogens is 252 g/mol. The SMILES string of the molecule is N#Cc1ccc(CN2C(=O)[C@@H]3CCCC[C@H]3C2=O)cc1. The summed E-state index contributed by atoms with van der Waals surface area (Å²) in [5.41, 5.74) is 1.48. The van der Waals surface area contributed by atoms with Crippen LogP contribution in [-0.4, -0.2) is 16.7 Å². The molecule has 2 aliphatic rings. The van der Waals surface area contributed by atoms with Crippen molar-refractivity contribution in [3.63, 3.8) is 0 Å². The third-order valence-electron chi connectivity index (χ3n) is 4.36. The van der Waals surface area contributed by atoms with Gasteiger partial charge in [0.2, 0.25) is 11.8 Å². The molecule has 4 nitrogen and oxygen atoms in total. The van der Waals surface area contributed by atoms with Crippen molar-refractivity contribution in [2.24, 2.45) is 11.8 Å². The second-order valence-electron chi connectivity index (χ2n) is 5.57. The van der Waals surface area contributed by atoms with Gasteiger partial charge in [0.25, 0.3) is 0 Å². The van der Waals surface area contributed by atoms with Gasteiger partial charge in [-0.2, -0.15) is 5.26 Å². The lowest BCUT2D eigenvalue weighted by Crippen LogP contribution is -2.30. The summed E-state index contributed by atoms with van der Waals surface area (Å²) in [6, 6.07) is 9.10. The fraction of sp³-hybridized carbons (Fsp3) is 0.438. The highest BCUT2D eigenvalue weighted by Crippen LogP contribution is 2.38. The Hall–Kier alpha value is -2.15. The molecule has 3 rings (SSSR count). The quantitative estimate of drug-likeness (QED) is 0.773. The van der Waals surface area contributed by atoms with Crippen molar-refractivity contribution < 1.29 is 9.59 Å². The number of nitrogens with zero attached hydrogens (tertiary/aromatic N) is 2. The van der Waals surface area contributed by atoms with E-state index in [1.165, 1.54) is 4.90 Å². The number of fused-ring (bicyclic) bond motifs is 1. The average Bonchev–Trinajstić information content (AvgIpc) is 2.74. The van der Waals surface area contributed by atoms with E-state index in [1.807, 2.05) is 0 Å². The van der Waals surface area contributed by atoms with Gasteiger partial charge in [0.1, 0.15) is 0 Å². The number of carbonyl (C=O) groups is 2. The van der Waals surface area contributed by atoms with Crippen LogP contribution in [0.25, 0.3) is 0 Å². The van der Waals surface area contributed by atoms with E-state index in [-0.39, 0.29) is 23.7 Å². The molecule has 102 valence electrons. The van der Waals surface area contributed by atoms with E-state index in [1.54, 1.807) is 24.3 Å². The maximum Gasteiger partial charge on any atom is 0.233 e. The molecule has 1 aliphatic heterocycles. The largest absolute Gasteiger partial charge is 0.278 e. The van der Waals surface area contributed by atoms with E-state index >= 15 is 0 Å². The van der Waals surface area contributed by atoms with Gasteiger partial charge in [-0.25, -0.2) is 0 Å². The molecule has 1 heterocycles. The summed E-state index contributed by atoms with van der Waals surface area (Å²) in [5, 5.41) is 8.77. The van der Waals surface area contributed by atoms with E-state index in [0.717, 1.165) is 31.2 Å². The molecule has 20 heavy (non-hydrogen) atoms. The number of nitriles is 1. The normalized spacial score (nSPS) is 25.4. The van der Waals surface area contributed by atoms with Crippen LogP contribution in [-0.2, 0) is 16.1 Å². The van der Waals surface area contributed by atoms with E-state index in [2.05, 4.69) is 6.07 Å². The fourth-order valence-electron chi connectivity index (χ4n) is 3.25. The van der Waals surface area contributed by atoms with E-state index < -0.39 is 0 Å². The second-order valence-corrected chi connectivity index (χ2v) is 5.57. The van der Waals surface area contributed by atoms with Gasteiger partial charge in [0.05, 0.1) is 30.0 Å². The third kappa shape index (κ3) is 2.09. The minimum absolute atomic E-state index is 0.0101. The van der Waals surface area contributed by atoms with Gasteiger partial charge in [-0.3, -0.25) is 14.5 Å². The van der Waals surface area contributed by atoms with E-state index in [4.69, 9.17) is 5.26 Å².